The van der Waals surface area contributed by atoms with Crippen LogP contribution in [0.2, 0.25) is 0 Å². The van der Waals surface area contributed by atoms with Gasteiger partial charge in [-0.25, -0.2) is 0 Å². The second kappa shape index (κ2) is 1.55. The topological polar surface area (TPSA) is 3.24 Å². The van der Waals surface area contributed by atoms with E-state index in [-0.39, 0.29) is 0 Å². The van der Waals surface area contributed by atoms with E-state index in [0.717, 1.165) is 0 Å². The van der Waals surface area contributed by atoms with Crippen molar-refractivity contribution < 1.29 is 0 Å². The van der Waals surface area contributed by atoms with Gasteiger partial charge in [0, 0.05) is 13.1 Å². The molecular formula is C8H13NS. The molecule has 1 saturated heterocycles. The number of hydrogen-bond acceptors (Lipinski definition) is 1. The summed E-state index contributed by atoms with van der Waals surface area (Å²) in [6, 6.07) is 0. The van der Waals surface area contributed by atoms with E-state index in [4.69, 9.17) is 12.2 Å². The number of rotatable bonds is 1. The highest BCUT2D eigenvalue weighted by molar-refractivity contribution is 7.78. The van der Waals surface area contributed by atoms with Gasteiger partial charge in [0.1, 0.15) is 0 Å². The first-order chi connectivity index (χ1) is 4.60. The summed E-state index contributed by atoms with van der Waals surface area (Å²) in [5.41, 5.74) is 3.01. The predicted molar refractivity (Wildman–Crippen MR) is 46.1 cm³/mol. The second-order valence-electron chi connectivity index (χ2n) is 4.31. The third-order valence-electron chi connectivity index (χ3n) is 3.37. The summed E-state index contributed by atoms with van der Waals surface area (Å²) in [7, 11) is 0. The van der Waals surface area contributed by atoms with Gasteiger partial charge in [-0.1, -0.05) is 26.1 Å². The van der Waals surface area contributed by atoms with Crippen molar-refractivity contribution in [2.45, 2.75) is 20.3 Å². The number of piperidine rings is 1. The molecule has 2 rings (SSSR count). The summed E-state index contributed by atoms with van der Waals surface area (Å²) >= 11 is 4.89. The van der Waals surface area contributed by atoms with Gasteiger partial charge in [0.2, 0.25) is 0 Å². The first-order valence-corrected chi connectivity index (χ1v) is 4.26. The van der Waals surface area contributed by atoms with Crippen molar-refractivity contribution >= 4 is 17.7 Å². The molecule has 0 spiro atoms. The molecule has 1 aliphatic carbocycles. The smallest absolute Gasteiger partial charge is 0.0641 e. The van der Waals surface area contributed by atoms with Crippen LogP contribution in [0.3, 0.4) is 0 Å². The van der Waals surface area contributed by atoms with Crippen molar-refractivity contribution in [1.29, 1.82) is 0 Å². The molecule has 0 aromatic rings. The van der Waals surface area contributed by atoms with E-state index in [1.807, 2.05) is 5.49 Å². The number of nitrogens with zero attached hydrogens (tertiary/aromatic N) is 1. The molecule has 2 unspecified atom stereocenters. The van der Waals surface area contributed by atoms with Gasteiger partial charge in [-0.2, -0.15) is 0 Å². The summed E-state index contributed by atoms with van der Waals surface area (Å²) in [5, 5.41) is 0. The van der Waals surface area contributed by atoms with Gasteiger partial charge >= 0.3 is 0 Å². The molecule has 0 aromatic carbocycles. The van der Waals surface area contributed by atoms with Crippen LogP contribution in [0, 0.1) is 10.8 Å². The largest absolute Gasteiger partial charge is 0.368 e. The van der Waals surface area contributed by atoms with Gasteiger partial charge in [0.15, 0.2) is 0 Å². The van der Waals surface area contributed by atoms with E-state index < -0.39 is 0 Å². The lowest BCUT2D eigenvalue weighted by atomic mass is 10.0. The Balaban J connectivity index is 2.15. The third-order valence-corrected chi connectivity index (χ3v) is 3.66. The summed E-state index contributed by atoms with van der Waals surface area (Å²) in [6.45, 7) is 7.11. The highest BCUT2D eigenvalue weighted by Crippen LogP contribution is 2.67. The molecule has 10 heavy (non-hydrogen) atoms. The summed E-state index contributed by atoms with van der Waals surface area (Å²) in [5.74, 6) is 0. The monoisotopic (exact) mass is 155 g/mol. The summed E-state index contributed by atoms with van der Waals surface area (Å²) < 4.78 is 0. The third kappa shape index (κ3) is 0.605. The van der Waals surface area contributed by atoms with E-state index >= 15 is 0 Å². The molecule has 2 aliphatic rings. The molecular weight excluding hydrogens is 142 g/mol. The zero-order chi connectivity index (χ0) is 7.41. The molecule has 0 radical (unpaired) electrons. The minimum Gasteiger partial charge on any atom is -0.368 e. The maximum absolute atomic E-state index is 4.89. The Hall–Kier alpha value is -0.110. The Kier molecular flexibility index (Phi) is 1.02. The predicted octanol–water partition coefficient (Wildman–Crippen LogP) is 1.68. The second-order valence-corrected chi connectivity index (χ2v) is 4.52. The molecule has 1 nitrogen and oxygen atoms in total. The Morgan fingerprint density at radius 3 is 2.10 bits per heavy atom. The molecule has 0 bridgehead atoms. The fourth-order valence-corrected chi connectivity index (χ4v) is 2.49. The van der Waals surface area contributed by atoms with Gasteiger partial charge < -0.3 is 4.90 Å². The van der Waals surface area contributed by atoms with E-state index in [0.29, 0.717) is 10.8 Å². The van der Waals surface area contributed by atoms with Crippen molar-refractivity contribution in [2.24, 2.45) is 10.8 Å². The van der Waals surface area contributed by atoms with Crippen molar-refractivity contribution in [3.8, 4) is 0 Å². The molecule has 1 aliphatic heterocycles. The van der Waals surface area contributed by atoms with Crippen LogP contribution in [0.4, 0.5) is 0 Å². The van der Waals surface area contributed by atoms with Crippen molar-refractivity contribution in [3.05, 3.63) is 0 Å². The maximum Gasteiger partial charge on any atom is 0.0641 e. The minimum absolute atomic E-state index is 0.600. The fraction of sp³-hybridized carbons (Fsp3) is 0.875. The van der Waals surface area contributed by atoms with Crippen LogP contribution in [0.5, 0.6) is 0 Å². The van der Waals surface area contributed by atoms with E-state index in [1.54, 1.807) is 0 Å². The van der Waals surface area contributed by atoms with Gasteiger partial charge in [-0.15, -0.1) is 0 Å². The van der Waals surface area contributed by atoms with Gasteiger partial charge in [0.25, 0.3) is 0 Å². The molecule has 1 heterocycles. The van der Waals surface area contributed by atoms with Crippen molar-refractivity contribution in [1.82, 2.24) is 4.90 Å². The molecule has 0 N–H and O–H groups in total. The van der Waals surface area contributed by atoms with Crippen LogP contribution in [-0.2, 0) is 0 Å². The van der Waals surface area contributed by atoms with E-state index in [9.17, 15) is 0 Å². The lowest BCUT2D eigenvalue weighted by Crippen LogP contribution is -2.22. The first-order valence-electron chi connectivity index (χ1n) is 3.79. The quantitative estimate of drug-likeness (QED) is 0.530. The van der Waals surface area contributed by atoms with Gasteiger partial charge in [0.05, 0.1) is 5.49 Å². The highest BCUT2D eigenvalue weighted by Gasteiger charge is 2.65. The average Bonchev–Trinajstić information content (AvgIpc) is 2.24. The molecule has 1 saturated carbocycles. The molecule has 2 atom stereocenters. The van der Waals surface area contributed by atoms with E-state index in [1.165, 1.54) is 19.5 Å². The Labute approximate surface area is 67.4 Å². The normalized spacial score (nSPS) is 50.8. The lowest BCUT2D eigenvalue weighted by Gasteiger charge is -2.14. The maximum atomic E-state index is 4.89. The van der Waals surface area contributed by atoms with Crippen LogP contribution < -0.4 is 0 Å². The first kappa shape index (κ1) is 6.59. The zero-order valence-electron chi connectivity index (χ0n) is 6.55. The minimum atomic E-state index is 0.600. The standard InChI is InChI=1S/C8H13NS/c1-7-3-8(7,2)5-9(4-7)6-10/h6H,3-5H2,1-2H3. The van der Waals surface area contributed by atoms with E-state index in [2.05, 4.69) is 18.7 Å². The molecule has 56 valence electrons. The zero-order valence-corrected chi connectivity index (χ0v) is 7.37. The number of fused-ring (bicyclic) bond motifs is 1. The molecule has 2 fully saturated rings. The van der Waals surface area contributed by atoms with Crippen LogP contribution >= 0.6 is 12.2 Å². The van der Waals surface area contributed by atoms with Crippen molar-refractivity contribution in [2.75, 3.05) is 13.1 Å². The highest BCUT2D eigenvalue weighted by atomic mass is 32.1. The van der Waals surface area contributed by atoms with Crippen LogP contribution in [0.15, 0.2) is 0 Å². The Morgan fingerprint density at radius 2 is 1.80 bits per heavy atom. The van der Waals surface area contributed by atoms with Gasteiger partial charge in [-0.3, -0.25) is 0 Å². The summed E-state index contributed by atoms with van der Waals surface area (Å²) in [6.07, 6.45) is 1.40. The van der Waals surface area contributed by atoms with Crippen molar-refractivity contribution in [3.63, 3.8) is 0 Å². The average molecular weight is 155 g/mol. The number of thiocarbonyl (C=S) groups is 1. The number of likely N-dealkylation sites (tertiary alicyclic amines) is 1. The van der Waals surface area contributed by atoms with Gasteiger partial charge in [-0.05, 0) is 17.3 Å². The Morgan fingerprint density at radius 1 is 1.30 bits per heavy atom. The lowest BCUT2D eigenvalue weighted by molar-refractivity contribution is 0.430. The number of hydrogen-bond donors (Lipinski definition) is 0. The molecule has 0 aromatic heterocycles. The molecule has 0 amide bonds. The van der Waals surface area contributed by atoms with Crippen LogP contribution in [0.1, 0.15) is 20.3 Å². The fourth-order valence-electron chi connectivity index (χ4n) is 2.34. The Bertz CT molecular complexity index is 176. The molecule has 2 heteroatoms. The summed E-state index contributed by atoms with van der Waals surface area (Å²) in [4.78, 5) is 2.26. The van der Waals surface area contributed by atoms with Crippen LogP contribution in [-0.4, -0.2) is 23.5 Å². The van der Waals surface area contributed by atoms with Crippen LogP contribution in [0.25, 0.3) is 0 Å². The SMILES string of the molecule is CC12CN(C=S)CC1(C)C2.